The van der Waals surface area contributed by atoms with Gasteiger partial charge in [-0.15, -0.1) is 0 Å². The Morgan fingerprint density at radius 2 is 1.86 bits per heavy atom. The summed E-state index contributed by atoms with van der Waals surface area (Å²) < 4.78 is 5.46. The van der Waals surface area contributed by atoms with Crippen molar-refractivity contribution in [2.75, 3.05) is 0 Å². The van der Waals surface area contributed by atoms with Gasteiger partial charge in [0.05, 0.1) is 5.41 Å². The first-order valence-electron chi connectivity index (χ1n) is 7.55. The van der Waals surface area contributed by atoms with Crippen LogP contribution in [0, 0.1) is 5.41 Å². The Bertz CT molecular complexity index is 477. The third-order valence-corrected chi connectivity index (χ3v) is 4.25. The van der Waals surface area contributed by atoms with Crippen LogP contribution in [0.1, 0.15) is 50.5 Å². The van der Waals surface area contributed by atoms with Crippen LogP contribution in [-0.4, -0.2) is 17.0 Å². The number of hydrogen-bond acceptors (Lipinski definition) is 3. The van der Waals surface area contributed by atoms with E-state index in [1.54, 1.807) is 0 Å². The van der Waals surface area contributed by atoms with Crippen molar-refractivity contribution in [1.29, 1.82) is 0 Å². The van der Waals surface area contributed by atoms with Crippen molar-refractivity contribution in [1.82, 2.24) is 0 Å². The number of hydrogen-bond donors (Lipinski definition) is 1. The van der Waals surface area contributed by atoms with Crippen molar-refractivity contribution in [3.8, 4) is 0 Å². The molecule has 1 fully saturated rings. The lowest BCUT2D eigenvalue weighted by Crippen LogP contribution is -2.39. The van der Waals surface area contributed by atoms with Crippen molar-refractivity contribution >= 4 is 11.9 Å². The summed E-state index contributed by atoms with van der Waals surface area (Å²) >= 11 is 0. The van der Waals surface area contributed by atoms with E-state index in [9.17, 15) is 9.59 Å². The monoisotopic (exact) mass is 290 g/mol. The second-order valence-electron chi connectivity index (χ2n) is 5.80. The molecule has 0 spiro atoms. The Hall–Kier alpha value is -1.84. The molecule has 114 valence electrons. The first-order valence-corrected chi connectivity index (χ1v) is 7.55. The van der Waals surface area contributed by atoms with Gasteiger partial charge < -0.3 is 9.84 Å². The van der Waals surface area contributed by atoms with Gasteiger partial charge in [-0.05, 0) is 31.2 Å². The predicted molar refractivity (Wildman–Crippen MR) is 78.6 cm³/mol. The minimum Gasteiger partial charge on any atom is -0.481 e. The highest BCUT2D eigenvalue weighted by Crippen LogP contribution is 2.46. The standard InChI is InChI=1S/C17H22O4/c18-15(19)9-4-5-10-17(11-6-12-17)16(20)21-13-14-7-2-1-3-8-14/h1-3,7-8H,4-6,9-13H2,(H,18,19). The van der Waals surface area contributed by atoms with Crippen LogP contribution in [-0.2, 0) is 20.9 Å². The molecule has 1 N–H and O–H groups in total. The lowest BCUT2D eigenvalue weighted by molar-refractivity contribution is -0.163. The van der Waals surface area contributed by atoms with Gasteiger partial charge in [0.1, 0.15) is 6.61 Å². The van der Waals surface area contributed by atoms with E-state index in [2.05, 4.69) is 0 Å². The topological polar surface area (TPSA) is 63.6 Å². The maximum atomic E-state index is 12.3. The number of carboxylic acids is 1. The highest BCUT2D eigenvalue weighted by atomic mass is 16.5. The van der Waals surface area contributed by atoms with E-state index in [4.69, 9.17) is 9.84 Å². The third kappa shape index (κ3) is 4.31. The first kappa shape index (κ1) is 15.5. The molecule has 0 atom stereocenters. The zero-order valence-electron chi connectivity index (χ0n) is 12.2. The average molecular weight is 290 g/mol. The minimum atomic E-state index is -0.774. The van der Waals surface area contributed by atoms with Gasteiger partial charge in [-0.3, -0.25) is 9.59 Å². The Balaban J connectivity index is 1.79. The quantitative estimate of drug-likeness (QED) is 0.587. The highest BCUT2D eigenvalue weighted by Gasteiger charge is 2.44. The van der Waals surface area contributed by atoms with E-state index >= 15 is 0 Å². The molecule has 21 heavy (non-hydrogen) atoms. The molecule has 0 aromatic heterocycles. The van der Waals surface area contributed by atoms with Crippen LogP contribution in [0.25, 0.3) is 0 Å². The molecule has 2 rings (SSSR count). The van der Waals surface area contributed by atoms with Gasteiger partial charge in [-0.2, -0.15) is 0 Å². The molecule has 0 amide bonds. The largest absolute Gasteiger partial charge is 0.481 e. The van der Waals surface area contributed by atoms with Gasteiger partial charge in [-0.1, -0.05) is 43.2 Å². The SMILES string of the molecule is O=C(O)CCCCC1(C(=O)OCc2ccccc2)CCC1. The Morgan fingerprint density at radius 1 is 1.14 bits per heavy atom. The summed E-state index contributed by atoms with van der Waals surface area (Å²) in [7, 11) is 0. The zero-order chi connectivity index (χ0) is 15.1. The van der Waals surface area contributed by atoms with Crippen LogP contribution in [0.4, 0.5) is 0 Å². The zero-order valence-corrected chi connectivity index (χ0v) is 12.2. The van der Waals surface area contributed by atoms with Gasteiger partial charge in [0.15, 0.2) is 0 Å². The maximum Gasteiger partial charge on any atom is 0.312 e. The lowest BCUT2D eigenvalue weighted by Gasteiger charge is -2.39. The van der Waals surface area contributed by atoms with Crippen molar-refractivity contribution < 1.29 is 19.4 Å². The number of benzene rings is 1. The summed E-state index contributed by atoms with van der Waals surface area (Å²) in [4.78, 5) is 22.8. The first-order chi connectivity index (χ1) is 10.1. The van der Waals surface area contributed by atoms with E-state index in [-0.39, 0.29) is 17.8 Å². The summed E-state index contributed by atoms with van der Waals surface area (Å²) in [5, 5.41) is 8.64. The number of carbonyl (C=O) groups is 2. The maximum absolute atomic E-state index is 12.3. The van der Waals surface area contributed by atoms with Crippen molar-refractivity contribution in [2.45, 2.75) is 51.6 Å². The normalized spacial score (nSPS) is 16.0. The van der Waals surface area contributed by atoms with E-state index in [1.165, 1.54) is 0 Å². The second kappa shape index (κ2) is 7.25. The highest BCUT2D eigenvalue weighted by molar-refractivity contribution is 5.77. The number of rotatable bonds is 8. The summed E-state index contributed by atoms with van der Waals surface area (Å²) in [5.41, 5.74) is 0.638. The van der Waals surface area contributed by atoms with E-state index in [1.807, 2.05) is 30.3 Å². The fraction of sp³-hybridized carbons (Fsp3) is 0.529. The predicted octanol–water partition coefficient (Wildman–Crippen LogP) is 3.55. The van der Waals surface area contributed by atoms with Crippen LogP contribution in [0.2, 0.25) is 0 Å². The van der Waals surface area contributed by atoms with Gasteiger partial charge in [0.25, 0.3) is 0 Å². The fourth-order valence-corrected chi connectivity index (χ4v) is 2.78. The summed E-state index contributed by atoms with van der Waals surface area (Å²) in [5.74, 6) is -0.891. The van der Waals surface area contributed by atoms with Crippen LogP contribution in [0.5, 0.6) is 0 Å². The van der Waals surface area contributed by atoms with Crippen LogP contribution in [0.15, 0.2) is 30.3 Å². The summed E-state index contributed by atoms with van der Waals surface area (Å²) in [6.07, 6.45) is 5.11. The molecule has 1 saturated carbocycles. The number of carboxylic acid groups (broad SMARTS) is 1. The molecule has 0 aliphatic heterocycles. The number of ether oxygens (including phenoxy) is 1. The molecule has 0 unspecified atom stereocenters. The molecule has 1 aliphatic rings. The van der Waals surface area contributed by atoms with E-state index in [0.29, 0.717) is 13.0 Å². The minimum absolute atomic E-state index is 0.118. The summed E-state index contributed by atoms with van der Waals surface area (Å²) in [6.45, 7) is 0.316. The number of esters is 1. The molecule has 1 aromatic carbocycles. The van der Waals surface area contributed by atoms with Gasteiger partial charge in [-0.25, -0.2) is 0 Å². The van der Waals surface area contributed by atoms with Gasteiger partial charge >= 0.3 is 11.9 Å². The molecular weight excluding hydrogens is 268 g/mol. The molecule has 0 bridgehead atoms. The third-order valence-electron chi connectivity index (χ3n) is 4.25. The van der Waals surface area contributed by atoms with E-state index in [0.717, 1.165) is 37.7 Å². The molecule has 4 heteroatoms. The Labute approximate surface area is 125 Å². The number of aliphatic carboxylic acids is 1. The van der Waals surface area contributed by atoms with Gasteiger partial charge in [0, 0.05) is 6.42 Å². The van der Waals surface area contributed by atoms with Crippen molar-refractivity contribution in [3.05, 3.63) is 35.9 Å². The van der Waals surface area contributed by atoms with Crippen LogP contribution >= 0.6 is 0 Å². The van der Waals surface area contributed by atoms with Crippen LogP contribution in [0.3, 0.4) is 0 Å². The van der Waals surface area contributed by atoms with Crippen LogP contribution < -0.4 is 0 Å². The van der Waals surface area contributed by atoms with Gasteiger partial charge in [0.2, 0.25) is 0 Å². The molecule has 1 aliphatic carbocycles. The molecule has 1 aromatic rings. The molecule has 0 radical (unpaired) electrons. The Kier molecular flexibility index (Phi) is 5.37. The lowest BCUT2D eigenvalue weighted by atomic mass is 9.66. The fourth-order valence-electron chi connectivity index (χ4n) is 2.78. The molecule has 0 saturated heterocycles. The smallest absolute Gasteiger partial charge is 0.312 e. The molecule has 4 nitrogen and oxygen atoms in total. The molecular formula is C17H22O4. The molecule has 0 heterocycles. The van der Waals surface area contributed by atoms with Crippen molar-refractivity contribution in [2.24, 2.45) is 5.41 Å². The Morgan fingerprint density at radius 3 is 2.43 bits per heavy atom. The number of carbonyl (C=O) groups excluding carboxylic acids is 1. The summed E-state index contributed by atoms with van der Waals surface area (Å²) in [6, 6.07) is 9.66. The van der Waals surface area contributed by atoms with E-state index < -0.39 is 5.97 Å². The number of unbranched alkanes of at least 4 members (excludes halogenated alkanes) is 1. The van der Waals surface area contributed by atoms with Crippen molar-refractivity contribution in [3.63, 3.8) is 0 Å². The second-order valence-corrected chi connectivity index (χ2v) is 5.80. The average Bonchev–Trinajstić information content (AvgIpc) is 2.44.